The number of allylic oxidation sites excluding steroid dienone is 1. The standard InChI is InChI=1S/C25H25F2N5O/c1-17(2)30-12-10-21(11-13-30)33-24-5-3-4-23-28-15-22(32(23)24)19-8-6-18(7-9-19)20-14-29-31(16-20)25(26)27/h3-9,14-16,21,25H,1,10-13H2,2H3. The molecular formula is C25H25F2N5O. The summed E-state index contributed by atoms with van der Waals surface area (Å²) in [5, 5.41) is 3.71. The summed E-state index contributed by atoms with van der Waals surface area (Å²) in [7, 11) is 0. The molecule has 4 aromatic rings. The molecule has 0 saturated carbocycles. The topological polar surface area (TPSA) is 47.6 Å². The fourth-order valence-electron chi connectivity index (χ4n) is 4.26. The number of imidazole rings is 1. The zero-order chi connectivity index (χ0) is 22.9. The van der Waals surface area contributed by atoms with Crippen molar-refractivity contribution in [1.82, 2.24) is 24.1 Å². The second kappa shape index (κ2) is 8.69. The first-order valence-corrected chi connectivity index (χ1v) is 11.0. The molecule has 1 aromatic carbocycles. The van der Waals surface area contributed by atoms with E-state index in [0.29, 0.717) is 10.2 Å². The molecule has 0 unspecified atom stereocenters. The summed E-state index contributed by atoms with van der Waals surface area (Å²) in [5.41, 5.74) is 5.24. The summed E-state index contributed by atoms with van der Waals surface area (Å²) in [6, 6.07) is 13.6. The van der Waals surface area contributed by atoms with E-state index in [9.17, 15) is 8.78 Å². The minimum atomic E-state index is -2.65. The Morgan fingerprint density at radius 3 is 2.42 bits per heavy atom. The van der Waals surface area contributed by atoms with Gasteiger partial charge in [-0.25, -0.2) is 9.67 Å². The maximum absolute atomic E-state index is 12.8. The van der Waals surface area contributed by atoms with E-state index in [4.69, 9.17) is 4.74 Å². The normalized spacial score (nSPS) is 14.8. The van der Waals surface area contributed by atoms with Gasteiger partial charge in [-0.2, -0.15) is 13.9 Å². The van der Waals surface area contributed by atoms with Crippen LogP contribution in [0.2, 0.25) is 0 Å². The summed E-state index contributed by atoms with van der Waals surface area (Å²) in [4.78, 5) is 6.84. The van der Waals surface area contributed by atoms with Crippen molar-refractivity contribution in [3.8, 4) is 28.3 Å². The number of hydrogen-bond acceptors (Lipinski definition) is 4. The molecule has 5 rings (SSSR count). The molecule has 33 heavy (non-hydrogen) atoms. The number of likely N-dealkylation sites (tertiary alicyclic amines) is 1. The molecule has 6 nitrogen and oxygen atoms in total. The second-order valence-corrected chi connectivity index (χ2v) is 8.30. The number of hydrogen-bond donors (Lipinski definition) is 0. The van der Waals surface area contributed by atoms with E-state index >= 15 is 0 Å². The number of nitrogens with zero attached hydrogens (tertiary/aromatic N) is 5. The van der Waals surface area contributed by atoms with Crippen LogP contribution in [0.15, 0.2) is 73.3 Å². The molecule has 0 N–H and O–H groups in total. The highest BCUT2D eigenvalue weighted by molar-refractivity contribution is 5.70. The van der Waals surface area contributed by atoms with Gasteiger partial charge in [0, 0.05) is 49.0 Å². The average Bonchev–Trinajstić information content (AvgIpc) is 3.48. The fraction of sp³-hybridized carbons (Fsp3) is 0.280. The third-order valence-corrected chi connectivity index (χ3v) is 6.08. The number of ether oxygens (including phenoxy) is 1. The van der Waals surface area contributed by atoms with Crippen molar-refractivity contribution >= 4 is 5.65 Å². The van der Waals surface area contributed by atoms with E-state index < -0.39 is 6.55 Å². The summed E-state index contributed by atoms with van der Waals surface area (Å²) in [6.45, 7) is 5.30. The zero-order valence-corrected chi connectivity index (χ0v) is 18.4. The van der Waals surface area contributed by atoms with E-state index in [1.165, 1.54) is 12.4 Å². The van der Waals surface area contributed by atoms with Crippen LogP contribution in [0.1, 0.15) is 26.3 Å². The lowest BCUT2D eigenvalue weighted by molar-refractivity contribution is 0.0566. The first kappa shape index (κ1) is 21.2. The number of piperidine rings is 1. The molecule has 0 aliphatic carbocycles. The Labute approximate surface area is 190 Å². The molecule has 1 aliphatic heterocycles. The second-order valence-electron chi connectivity index (χ2n) is 8.30. The molecule has 170 valence electrons. The lowest BCUT2D eigenvalue weighted by Gasteiger charge is -2.33. The Kier molecular flexibility index (Phi) is 5.58. The molecule has 1 fully saturated rings. The highest BCUT2D eigenvalue weighted by Crippen LogP contribution is 2.30. The number of alkyl halides is 2. The van der Waals surface area contributed by atoms with E-state index in [2.05, 4.69) is 21.6 Å². The predicted molar refractivity (Wildman–Crippen MR) is 123 cm³/mol. The van der Waals surface area contributed by atoms with E-state index in [1.807, 2.05) is 60.0 Å². The van der Waals surface area contributed by atoms with Crippen LogP contribution in [-0.4, -0.2) is 43.3 Å². The molecule has 0 bridgehead atoms. The van der Waals surface area contributed by atoms with E-state index in [0.717, 1.165) is 60.0 Å². The van der Waals surface area contributed by atoms with Gasteiger partial charge in [0.2, 0.25) is 0 Å². The third kappa shape index (κ3) is 4.20. The van der Waals surface area contributed by atoms with Crippen molar-refractivity contribution in [2.45, 2.75) is 32.4 Å². The van der Waals surface area contributed by atoms with Crippen LogP contribution in [0, 0.1) is 0 Å². The molecule has 1 aliphatic rings. The fourth-order valence-corrected chi connectivity index (χ4v) is 4.26. The monoisotopic (exact) mass is 449 g/mol. The zero-order valence-electron chi connectivity index (χ0n) is 18.4. The highest BCUT2D eigenvalue weighted by Gasteiger charge is 2.21. The van der Waals surface area contributed by atoms with Crippen LogP contribution in [0.3, 0.4) is 0 Å². The summed E-state index contributed by atoms with van der Waals surface area (Å²) in [5.74, 6) is 0.760. The van der Waals surface area contributed by atoms with Gasteiger partial charge in [-0.15, -0.1) is 0 Å². The van der Waals surface area contributed by atoms with Crippen LogP contribution in [0.25, 0.3) is 28.0 Å². The highest BCUT2D eigenvalue weighted by atomic mass is 19.3. The molecule has 8 heteroatoms. The molecule has 0 atom stereocenters. The smallest absolute Gasteiger partial charge is 0.333 e. The molecule has 4 heterocycles. The van der Waals surface area contributed by atoms with Crippen molar-refractivity contribution in [3.63, 3.8) is 0 Å². The summed E-state index contributed by atoms with van der Waals surface area (Å²) < 4.78 is 34.7. The molecule has 0 radical (unpaired) electrons. The maximum atomic E-state index is 12.8. The van der Waals surface area contributed by atoms with Gasteiger partial charge in [-0.1, -0.05) is 36.9 Å². The minimum Gasteiger partial charge on any atom is -0.475 e. The molecular weight excluding hydrogens is 424 g/mol. The summed E-state index contributed by atoms with van der Waals surface area (Å²) in [6.07, 6.45) is 6.63. The quantitative estimate of drug-likeness (QED) is 0.382. The molecule has 0 amide bonds. The number of benzene rings is 1. The van der Waals surface area contributed by atoms with Crippen molar-refractivity contribution < 1.29 is 13.5 Å². The van der Waals surface area contributed by atoms with E-state index in [1.54, 1.807) is 0 Å². The minimum absolute atomic E-state index is 0.134. The maximum Gasteiger partial charge on any atom is 0.333 e. The number of aromatic nitrogens is 4. The SMILES string of the molecule is C=C(C)N1CCC(Oc2cccc3ncc(-c4ccc(-c5cnn(C(F)F)c5)cc4)n23)CC1. The van der Waals surface area contributed by atoms with Gasteiger partial charge in [0.1, 0.15) is 11.8 Å². The predicted octanol–water partition coefficient (Wildman–Crippen LogP) is 5.64. The Balaban J connectivity index is 1.40. The number of fused-ring (bicyclic) bond motifs is 1. The lowest BCUT2D eigenvalue weighted by Crippen LogP contribution is -2.37. The van der Waals surface area contributed by atoms with Crippen LogP contribution >= 0.6 is 0 Å². The molecule has 0 spiro atoms. The Morgan fingerprint density at radius 1 is 1.03 bits per heavy atom. The number of rotatable bonds is 6. The van der Waals surface area contributed by atoms with Crippen LogP contribution in [0.4, 0.5) is 8.78 Å². The van der Waals surface area contributed by atoms with Crippen LogP contribution < -0.4 is 4.74 Å². The molecule has 1 saturated heterocycles. The first-order chi connectivity index (χ1) is 16.0. The van der Waals surface area contributed by atoms with Gasteiger partial charge < -0.3 is 9.64 Å². The van der Waals surface area contributed by atoms with Crippen LogP contribution in [0.5, 0.6) is 5.88 Å². The van der Waals surface area contributed by atoms with Gasteiger partial charge >= 0.3 is 6.55 Å². The third-order valence-electron chi connectivity index (χ3n) is 6.08. The van der Waals surface area contributed by atoms with Crippen molar-refractivity contribution in [1.29, 1.82) is 0 Å². The van der Waals surface area contributed by atoms with E-state index in [-0.39, 0.29) is 6.10 Å². The Morgan fingerprint density at radius 2 is 1.76 bits per heavy atom. The van der Waals surface area contributed by atoms with Crippen molar-refractivity contribution in [3.05, 3.63) is 73.3 Å². The average molecular weight is 450 g/mol. The lowest BCUT2D eigenvalue weighted by atomic mass is 10.1. The van der Waals surface area contributed by atoms with Crippen molar-refractivity contribution in [2.75, 3.05) is 13.1 Å². The van der Waals surface area contributed by atoms with Crippen molar-refractivity contribution in [2.24, 2.45) is 0 Å². The largest absolute Gasteiger partial charge is 0.475 e. The Bertz CT molecular complexity index is 1270. The summed E-state index contributed by atoms with van der Waals surface area (Å²) >= 11 is 0. The molecule has 3 aromatic heterocycles. The van der Waals surface area contributed by atoms with Gasteiger partial charge in [-0.05, 0) is 24.6 Å². The first-order valence-electron chi connectivity index (χ1n) is 11.0. The van der Waals surface area contributed by atoms with Gasteiger partial charge in [0.15, 0.2) is 5.88 Å². The Hall–Kier alpha value is -3.68. The number of pyridine rings is 1. The van der Waals surface area contributed by atoms with Gasteiger partial charge in [0.05, 0.1) is 18.1 Å². The van der Waals surface area contributed by atoms with Gasteiger partial charge in [0.25, 0.3) is 0 Å². The van der Waals surface area contributed by atoms with Gasteiger partial charge in [-0.3, -0.25) is 4.40 Å². The number of halogens is 2. The van der Waals surface area contributed by atoms with Crippen LogP contribution in [-0.2, 0) is 0 Å².